The van der Waals surface area contributed by atoms with Gasteiger partial charge in [-0.2, -0.15) is 0 Å². The van der Waals surface area contributed by atoms with Crippen LogP contribution in [0.25, 0.3) is 0 Å². The van der Waals surface area contributed by atoms with E-state index in [2.05, 4.69) is 39.7 Å². The molecule has 0 aliphatic carbocycles. The van der Waals surface area contributed by atoms with Crippen LogP contribution in [0.1, 0.15) is 6.92 Å². The minimum atomic E-state index is -3.32. The van der Waals surface area contributed by atoms with E-state index in [1.54, 1.807) is 13.0 Å². The Morgan fingerprint density at radius 2 is 2.17 bits per heavy atom. The van der Waals surface area contributed by atoms with Crippen molar-refractivity contribution in [3.8, 4) is 0 Å². The maximum Gasteiger partial charge on any atom is 0.242 e. The number of nitrogens with one attached hydrogen (secondary N) is 1. The third-order valence-electron chi connectivity index (χ3n) is 3.09. The zero-order chi connectivity index (χ0) is 18.0. The van der Waals surface area contributed by atoms with Crippen molar-refractivity contribution in [3.05, 3.63) is 47.9 Å². The third kappa shape index (κ3) is 7.44. The fourth-order valence-corrected chi connectivity index (χ4v) is 3.06. The molecule has 0 bridgehead atoms. The summed E-state index contributed by atoms with van der Waals surface area (Å²) in [5.74, 6) is 0. The van der Waals surface area contributed by atoms with Crippen molar-refractivity contribution in [1.29, 1.82) is 0 Å². The van der Waals surface area contributed by atoms with Gasteiger partial charge < -0.3 is 9.80 Å². The normalized spacial score (nSPS) is 14.2. The van der Waals surface area contributed by atoms with Crippen molar-refractivity contribution in [1.82, 2.24) is 19.5 Å². The van der Waals surface area contributed by atoms with Gasteiger partial charge in [-0.1, -0.05) is 30.7 Å². The van der Waals surface area contributed by atoms with Crippen LogP contribution in [0.15, 0.2) is 52.8 Å². The number of hydrogen-bond acceptors (Lipinski definition) is 5. The summed E-state index contributed by atoms with van der Waals surface area (Å²) in [6.45, 7) is 5.08. The fourth-order valence-electron chi connectivity index (χ4n) is 1.83. The van der Waals surface area contributed by atoms with Crippen molar-refractivity contribution in [2.45, 2.75) is 11.8 Å². The van der Waals surface area contributed by atoms with E-state index < -0.39 is 10.0 Å². The average molecular weight is 373 g/mol. The molecular formula is C16H25ClN4O2S. The van der Waals surface area contributed by atoms with Gasteiger partial charge in [-0.3, -0.25) is 4.98 Å². The van der Waals surface area contributed by atoms with E-state index in [9.17, 15) is 8.42 Å². The molecule has 8 heteroatoms. The molecule has 1 N–H and O–H groups in total. The summed E-state index contributed by atoms with van der Waals surface area (Å²) in [5.41, 5.74) is 0. The molecule has 0 spiro atoms. The number of pyridine rings is 1. The molecule has 6 nitrogen and oxygen atoms in total. The Bertz CT molecular complexity index is 645. The number of likely N-dealkylation sites (N-methyl/N-ethyl adjacent to an activating group) is 1. The standard InChI is InChI=1S/C9H15ClN2.C7H10N2O2S/c1-11(2)7-8-12-6-4-3-5-9(12)10;1-2-9-12(10,11)7-4-3-5-8-6-7/h3-5H,6-8H2,1-2H3;3-6,9H,2H2,1H3. The lowest BCUT2D eigenvalue weighted by Gasteiger charge is -2.25. The van der Waals surface area contributed by atoms with Crippen molar-refractivity contribution < 1.29 is 8.42 Å². The van der Waals surface area contributed by atoms with E-state index in [-0.39, 0.29) is 4.90 Å². The van der Waals surface area contributed by atoms with Gasteiger partial charge >= 0.3 is 0 Å². The number of hydrogen-bond donors (Lipinski definition) is 1. The van der Waals surface area contributed by atoms with Crippen LogP contribution in [0.3, 0.4) is 0 Å². The summed E-state index contributed by atoms with van der Waals surface area (Å²) in [6.07, 6.45) is 8.89. The highest BCUT2D eigenvalue weighted by Gasteiger charge is 2.11. The molecule has 1 aliphatic heterocycles. The molecule has 0 atom stereocenters. The highest BCUT2D eigenvalue weighted by Crippen LogP contribution is 2.12. The van der Waals surface area contributed by atoms with Gasteiger partial charge in [0.15, 0.2) is 0 Å². The zero-order valence-electron chi connectivity index (χ0n) is 14.3. The fraction of sp³-hybridized carbons (Fsp3) is 0.438. The van der Waals surface area contributed by atoms with Crippen molar-refractivity contribution in [3.63, 3.8) is 0 Å². The topological polar surface area (TPSA) is 65.5 Å². The van der Waals surface area contributed by atoms with Gasteiger partial charge in [0.2, 0.25) is 10.0 Å². The van der Waals surface area contributed by atoms with Crippen LogP contribution in [-0.2, 0) is 10.0 Å². The second-order valence-corrected chi connectivity index (χ2v) is 7.51. The Morgan fingerprint density at radius 1 is 1.42 bits per heavy atom. The molecule has 1 aromatic rings. The predicted octanol–water partition coefficient (Wildman–Crippen LogP) is 1.88. The first kappa shape index (κ1) is 20.6. The molecule has 0 aromatic carbocycles. The highest BCUT2D eigenvalue weighted by atomic mass is 35.5. The molecular weight excluding hydrogens is 348 g/mol. The van der Waals surface area contributed by atoms with E-state index in [1.165, 1.54) is 18.5 Å². The van der Waals surface area contributed by atoms with Gasteiger partial charge in [-0.05, 0) is 32.3 Å². The average Bonchev–Trinajstić information content (AvgIpc) is 2.55. The monoisotopic (exact) mass is 372 g/mol. The van der Waals surface area contributed by atoms with Gasteiger partial charge in [0, 0.05) is 38.6 Å². The lowest BCUT2D eigenvalue weighted by Crippen LogP contribution is -2.30. The Labute approximate surface area is 149 Å². The van der Waals surface area contributed by atoms with Crippen LogP contribution in [-0.4, -0.2) is 63.5 Å². The van der Waals surface area contributed by atoms with E-state index in [1.807, 2.05) is 12.2 Å². The Hall–Kier alpha value is -1.41. The second-order valence-electron chi connectivity index (χ2n) is 5.36. The van der Waals surface area contributed by atoms with Gasteiger partial charge in [-0.25, -0.2) is 13.1 Å². The molecule has 0 saturated carbocycles. The number of allylic oxidation sites excluding steroid dienone is 2. The van der Waals surface area contributed by atoms with Crippen molar-refractivity contribution in [2.75, 3.05) is 40.3 Å². The number of rotatable bonds is 6. The number of sulfonamides is 1. The lowest BCUT2D eigenvalue weighted by molar-refractivity contribution is 0.317. The summed E-state index contributed by atoms with van der Waals surface area (Å²) in [4.78, 5) is 8.22. The molecule has 1 aromatic heterocycles. The molecule has 0 saturated heterocycles. The van der Waals surface area contributed by atoms with E-state index in [0.29, 0.717) is 6.54 Å². The molecule has 2 rings (SSSR count). The first-order valence-corrected chi connectivity index (χ1v) is 9.54. The van der Waals surface area contributed by atoms with Gasteiger partial charge in [0.05, 0.1) is 0 Å². The van der Waals surface area contributed by atoms with E-state index in [4.69, 9.17) is 11.6 Å². The van der Waals surface area contributed by atoms with Gasteiger partial charge in [0.1, 0.15) is 10.1 Å². The minimum absolute atomic E-state index is 0.201. The van der Waals surface area contributed by atoms with Crippen molar-refractivity contribution in [2.24, 2.45) is 0 Å². The summed E-state index contributed by atoms with van der Waals surface area (Å²) in [7, 11) is 0.811. The van der Waals surface area contributed by atoms with Crippen LogP contribution < -0.4 is 4.72 Å². The van der Waals surface area contributed by atoms with E-state index >= 15 is 0 Å². The number of aromatic nitrogens is 1. The lowest BCUT2D eigenvalue weighted by atomic mass is 10.3. The molecule has 2 heterocycles. The minimum Gasteiger partial charge on any atom is -0.357 e. The molecule has 0 amide bonds. The molecule has 134 valence electrons. The quantitative estimate of drug-likeness (QED) is 0.772. The molecule has 24 heavy (non-hydrogen) atoms. The largest absolute Gasteiger partial charge is 0.357 e. The Morgan fingerprint density at radius 3 is 2.71 bits per heavy atom. The zero-order valence-corrected chi connectivity index (χ0v) is 15.9. The summed E-state index contributed by atoms with van der Waals surface area (Å²) in [6, 6.07) is 3.09. The van der Waals surface area contributed by atoms with Crippen LogP contribution in [0, 0.1) is 0 Å². The first-order valence-electron chi connectivity index (χ1n) is 7.68. The predicted molar refractivity (Wildman–Crippen MR) is 98.3 cm³/mol. The maximum absolute atomic E-state index is 11.3. The molecule has 1 aliphatic rings. The van der Waals surface area contributed by atoms with Crippen LogP contribution in [0.5, 0.6) is 0 Å². The van der Waals surface area contributed by atoms with Gasteiger partial charge in [-0.15, -0.1) is 0 Å². The van der Waals surface area contributed by atoms with Crippen LogP contribution >= 0.6 is 11.6 Å². The highest BCUT2D eigenvalue weighted by molar-refractivity contribution is 7.89. The molecule has 0 fully saturated rings. The second kappa shape index (κ2) is 10.5. The smallest absolute Gasteiger partial charge is 0.242 e. The molecule has 0 unspecified atom stereocenters. The maximum atomic E-state index is 11.3. The van der Waals surface area contributed by atoms with Crippen LogP contribution in [0.4, 0.5) is 0 Å². The van der Waals surface area contributed by atoms with Crippen molar-refractivity contribution >= 4 is 21.6 Å². The molecule has 0 radical (unpaired) electrons. The third-order valence-corrected chi connectivity index (χ3v) is 4.99. The van der Waals surface area contributed by atoms with E-state index in [0.717, 1.165) is 24.8 Å². The summed E-state index contributed by atoms with van der Waals surface area (Å²) in [5, 5.41) is 0.847. The Balaban J connectivity index is 0.000000240. The summed E-state index contributed by atoms with van der Waals surface area (Å²) >= 11 is 5.98. The van der Waals surface area contributed by atoms with Gasteiger partial charge in [0.25, 0.3) is 0 Å². The van der Waals surface area contributed by atoms with Crippen LogP contribution in [0.2, 0.25) is 0 Å². The Kier molecular flexibility index (Phi) is 8.99. The SMILES string of the molecule is CCNS(=O)(=O)c1cccnc1.CN(C)CCN1CC=CC=C1Cl. The summed E-state index contributed by atoms with van der Waals surface area (Å²) < 4.78 is 24.9. The first-order chi connectivity index (χ1) is 11.4. The number of nitrogens with zero attached hydrogens (tertiary/aromatic N) is 3. The number of halogens is 1.